The molecular formula is C8H8BrN3O3. The minimum Gasteiger partial charge on any atom is -0.345 e. The molecule has 0 fully saturated rings. The minimum absolute atomic E-state index is 0.0203. The van der Waals surface area contributed by atoms with E-state index in [9.17, 15) is 14.9 Å². The van der Waals surface area contributed by atoms with Crippen LogP contribution in [0.3, 0.4) is 0 Å². The number of hydrogen-bond donors (Lipinski definition) is 0. The van der Waals surface area contributed by atoms with Crippen molar-refractivity contribution in [1.82, 2.24) is 9.88 Å². The Kier molecular flexibility index (Phi) is 3.35. The lowest BCUT2D eigenvalue weighted by atomic mass is 10.2. The minimum atomic E-state index is -0.631. The molecule has 0 unspecified atom stereocenters. The van der Waals surface area contributed by atoms with Gasteiger partial charge in [0.25, 0.3) is 5.91 Å². The number of nitro groups is 1. The summed E-state index contributed by atoms with van der Waals surface area (Å²) in [6.45, 7) is 0. The van der Waals surface area contributed by atoms with Gasteiger partial charge in [-0.15, -0.1) is 0 Å². The molecule has 15 heavy (non-hydrogen) atoms. The summed E-state index contributed by atoms with van der Waals surface area (Å²) in [7, 11) is 3.06. The molecular weight excluding hydrogens is 266 g/mol. The first-order chi connectivity index (χ1) is 6.95. The maximum absolute atomic E-state index is 11.6. The topological polar surface area (TPSA) is 76.3 Å². The Labute approximate surface area is 94.2 Å². The molecule has 0 aliphatic carbocycles. The number of pyridine rings is 1. The lowest BCUT2D eigenvalue weighted by Gasteiger charge is -2.10. The average molecular weight is 274 g/mol. The molecule has 0 radical (unpaired) electrons. The summed E-state index contributed by atoms with van der Waals surface area (Å²) in [5, 5.41) is 10.7. The molecule has 1 heterocycles. The molecule has 0 aromatic carbocycles. The summed E-state index contributed by atoms with van der Waals surface area (Å²) in [6.07, 6.45) is 1.34. The summed E-state index contributed by atoms with van der Waals surface area (Å²) in [5.74, 6) is -0.426. The van der Waals surface area contributed by atoms with Crippen molar-refractivity contribution in [3.63, 3.8) is 0 Å². The molecule has 0 bridgehead atoms. The number of amides is 1. The molecule has 0 atom stereocenters. The van der Waals surface area contributed by atoms with Gasteiger partial charge in [-0.1, -0.05) is 0 Å². The molecule has 0 N–H and O–H groups in total. The molecule has 1 rings (SSSR count). The smallest absolute Gasteiger partial charge is 0.314 e. The highest BCUT2D eigenvalue weighted by molar-refractivity contribution is 9.10. The molecule has 0 saturated carbocycles. The van der Waals surface area contributed by atoms with E-state index >= 15 is 0 Å². The van der Waals surface area contributed by atoms with E-state index in [4.69, 9.17) is 0 Å². The van der Waals surface area contributed by atoms with Crippen molar-refractivity contribution in [3.8, 4) is 0 Å². The van der Waals surface area contributed by atoms with Crippen LogP contribution in [0.2, 0.25) is 0 Å². The van der Waals surface area contributed by atoms with Crippen molar-refractivity contribution in [1.29, 1.82) is 0 Å². The van der Waals surface area contributed by atoms with Crippen LogP contribution in [0, 0.1) is 10.1 Å². The van der Waals surface area contributed by atoms with Gasteiger partial charge in [0, 0.05) is 20.3 Å². The van der Waals surface area contributed by atoms with E-state index in [1.807, 2.05) is 0 Å². The zero-order chi connectivity index (χ0) is 11.6. The highest BCUT2D eigenvalue weighted by Gasteiger charge is 2.25. The second-order valence-corrected chi connectivity index (χ2v) is 3.71. The van der Waals surface area contributed by atoms with Gasteiger partial charge in [-0.3, -0.25) is 14.9 Å². The summed E-state index contributed by atoms with van der Waals surface area (Å²) < 4.78 is 0.0557. The van der Waals surface area contributed by atoms with E-state index in [2.05, 4.69) is 20.9 Å². The number of rotatable bonds is 2. The van der Waals surface area contributed by atoms with E-state index < -0.39 is 10.8 Å². The summed E-state index contributed by atoms with van der Waals surface area (Å²) in [6, 6.07) is 1.32. The van der Waals surface area contributed by atoms with Gasteiger partial charge < -0.3 is 4.90 Å². The van der Waals surface area contributed by atoms with Crippen molar-refractivity contribution in [2.45, 2.75) is 0 Å². The Balaban J connectivity index is 3.35. The van der Waals surface area contributed by atoms with Crippen LogP contribution in [0.25, 0.3) is 0 Å². The third-order valence-corrected chi connectivity index (χ3v) is 2.28. The predicted octanol–water partition coefficient (Wildman–Crippen LogP) is 1.45. The highest BCUT2D eigenvalue weighted by atomic mass is 79.9. The van der Waals surface area contributed by atoms with Gasteiger partial charge in [-0.25, -0.2) is 4.98 Å². The lowest BCUT2D eigenvalue weighted by molar-refractivity contribution is -0.386. The molecule has 80 valence electrons. The van der Waals surface area contributed by atoms with Gasteiger partial charge in [-0.05, 0) is 22.0 Å². The van der Waals surface area contributed by atoms with Gasteiger partial charge >= 0.3 is 5.69 Å². The van der Waals surface area contributed by atoms with Crippen LogP contribution in [0.1, 0.15) is 10.4 Å². The first-order valence-electron chi connectivity index (χ1n) is 3.95. The predicted molar refractivity (Wildman–Crippen MR) is 56.6 cm³/mol. The van der Waals surface area contributed by atoms with Crippen LogP contribution < -0.4 is 0 Å². The van der Waals surface area contributed by atoms with Crippen LogP contribution >= 0.6 is 15.9 Å². The average Bonchev–Trinajstić information content (AvgIpc) is 2.15. The second kappa shape index (κ2) is 4.35. The van der Waals surface area contributed by atoms with Crippen LogP contribution in [-0.4, -0.2) is 34.8 Å². The number of halogens is 1. The van der Waals surface area contributed by atoms with Crippen molar-refractivity contribution in [2.75, 3.05) is 14.1 Å². The first-order valence-corrected chi connectivity index (χ1v) is 4.75. The Bertz CT molecular complexity index is 420. The monoisotopic (exact) mass is 273 g/mol. The Morgan fingerprint density at radius 3 is 2.67 bits per heavy atom. The van der Waals surface area contributed by atoms with Crippen molar-refractivity contribution in [2.24, 2.45) is 0 Å². The van der Waals surface area contributed by atoms with Gasteiger partial charge in [0.15, 0.2) is 4.60 Å². The van der Waals surface area contributed by atoms with Crippen LogP contribution in [0.4, 0.5) is 5.69 Å². The molecule has 0 spiro atoms. The molecule has 1 amide bonds. The molecule has 0 aliphatic rings. The second-order valence-electron chi connectivity index (χ2n) is 2.95. The highest BCUT2D eigenvalue weighted by Crippen LogP contribution is 2.26. The molecule has 6 nitrogen and oxygen atoms in total. The van der Waals surface area contributed by atoms with E-state index in [0.29, 0.717) is 0 Å². The fraction of sp³-hybridized carbons (Fsp3) is 0.250. The zero-order valence-electron chi connectivity index (χ0n) is 8.10. The van der Waals surface area contributed by atoms with E-state index in [0.717, 1.165) is 0 Å². The van der Waals surface area contributed by atoms with Crippen molar-refractivity contribution in [3.05, 3.63) is 32.5 Å². The summed E-state index contributed by atoms with van der Waals surface area (Å²) in [5.41, 5.74) is -0.289. The molecule has 1 aromatic rings. The molecule has 0 saturated heterocycles. The fourth-order valence-electron chi connectivity index (χ4n) is 1.02. The standard InChI is InChI=1S/C8H8BrN3O3/c1-11(2)8(13)5-3-4-10-7(9)6(5)12(14)15/h3-4H,1-2H3. The van der Waals surface area contributed by atoms with Gasteiger partial charge in [0.2, 0.25) is 0 Å². The normalized spacial score (nSPS) is 9.80. The largest absolute Gasteiger partial charge is 0.345 e. The van der Waals surface area contributed by atoms with Gasteiger partial charge in [0.05, 0.1) is 4.92 Å². The van der Waals surface area contributed by atoms with Gasteiger partial charge in [0.1, 0.15) is 5.56 Å². The molecule has 1 aromatic heterocycles. The van der Waals surface area contributed by atoms with Crippen molar-refractivity contribution < 1.29 is 9.72 Å². The zero-order valence-corrected chi connectivity index (χ0v) is 9.69. The number of aromatic nitrogens is 1. The molecule has 7 heteroatoms. The Hall–Kier alpha value is -1.50. The maximum atomic E-state index is 11.6. The van der Waals surface area contributed by atoms with E-state index in [-0.39, 0.29) is 15.9 Å². The van der Waals surface area contributed by atoms with Crippen LogP contribution in [0.5, 0.6) is 0 Å². The van der Waals surface area contributed by atoms with Gasteiger partial charge in [-0.2, -0.15) is 0 Å². The number of nitrogens with zero attached hydrogens (tertiary/aromatic N) is 3. The maximum Gasteiger partial charge on any atom is 0.314 e. The van der Waals surface area contributed by atoms with E-state index in [1.54, 1.807) is 0 Å². The Morgan fingerprint density at radius 1 is 1.60 bits per heavy atom. The number of carbonyl (C=O) groups excluding carboxylic acids is 1. The SMILES string of the molecule is CN(C)C(=O)c1ccnc(Br)c1[N+](=O)[O-]. The first kappa shape index (κ1) is 11.6. The van der Waals surface area contributed by atoms with Crippen LogP contribution in [0.15, 0.2) is 16.9 Å². The van der Waals surface area contributed by atoms with E-state index in [1.165, 1.54) is 31.3 Å². The fourth-order valence-corrected chi connectivity index (χ4v) is 1.49. The number of hydrogen-bond acceptors (Lipinski definition) is 4. The summed E-state index contributed by atoms with van der Waals surface area (Å²) >= 11 is 2.94. The summed E-state index contributed by atoms with van der Waals surface area (Å²) in [4.78, 5) is 26.7. The quantitative estimate of drug-likeness (QED) is 0.464. The lowest BCUT2D eigenvalue weighted by Crippen LogP contribution is -2.22. The third kappa shape index (κ3) is 2.30. The molecule has 0 aliphatic heterocycles. The van der Waals surface area contributed by atoms with Crippen LogP contribution in [-0.2, 0) is 0 Å². The van der Waals surface area contributed by atoms with Crippen molar-refractivity contribution >= 4 is 27.5 Å². The third-order valence-electron chi connectivity index (χ3n) is 1.70. The Morgan fingerprint density at radius 2 is 2.20 bits per heavy atom. The number of carbonyl (C=O) groups is 1.